The molecule has 6 N–H and O–H groups in total. The van der Waals surface area contributed by atoms with Gasteiger partial charge in [0.05, 0.1) is 16.8 Å². The maximum Gasteiger partial charge on any atom is 0.416 e. The predicted molar refractivity (Wildman–Crippen MR) is 150 cm³/mol. The molecule has 1 aromatic heterocycles. The Labute approximate surface area is 235 Å². The van der Waals surface area contributed by atoms with Gasteiger partial charge in [-0.3, -0.25) is 9.80 Å². The number of nitrogens with zero attached hydrogens (tertiary/aromatic N) is 4. The summed E-state index contributed by atoms with van der Waals surface area (Å²) >= 11 is 0. The van der Waals surface area contributed by atoms with Gasteiger partial charge in [0.15, 0.2) is 11.6 Å². The van der Waals surface area contributed by atoms with Gasteiger partial charge in [0.25, 0.3) is 0 Å². The van der Waals surface area contributed by atoms with Crippen LogP contribution in [-0.4, -0.2) is 84.2 Å². The lowest BCUT2D eigenvalue weighted by molar-refractivity contribution is -0.138. The third-order valence-electron chi connectivity index (χ3n) is 6.98. The lowest BCUT2D eigenvalue weighted by Crippen LogP contribution is -2.44. The molecule has 0 bridgehead atoms. The SMILES string of the molecule is Cc1cc2c(F)c(O/C(N)=C(/C(N)=Nc3ccc(CN4CCN(C)CC4)c(C(F)(F)F)c3)[C@H](O)N(C)C)ccc2[nH]1. The smallest absolute Gasteiger partial charge is 0.416 e. The number of likely N-dealkylation sites (N-methyl/N-ethyl adjacent to an activating group) is 2. The fourth-order valence-electron chi connectivity index (χ4n) is 4.67. The molecule has 9 nitrogen and oxygen atoms in total. The zero-order chi connectivity index (χ0) is 30.1. The first-order chi connectivity index (χ1) is 19.2. The number of amidine groups is 1. The number of ether oxygens (including phenoxy) is 1. The number of aliphatic imine (C=N–C) groups is 1. The minimum absolute atomic E-state index is 0.0939. The number of aryl methyl sites for hydroxylation is 1. The zero-order valence-corrected chi connectivity index (χ0v) is 23.4. The van der Waals surface area contributed by atoms with E-state index in [1.54, 1.807) is 19.1 Å². The van der Waals surface area contributed by atoms with Crippen molar-refractivity contribution in [3.63, 3.8) is 0 Å². The monoisotopic (exact) mass is 577 g/mol. The molecule has 1 aliphatic rings. The van der Waals surface area contributed by atoms with Crippen LogP contribution in [0.25, 0.3) is 10.9 Å². The van der Waals surface area contributed by atoms with Crippen LogP contribution in [0.5, 0.6) is 5.75 Å². The summed E-state index contributed by atoms with van der Waals surface area (Å²) in [6.45, 7) is 4.79. The Morgan fingerprint density at radius 2 is 1.80 bits per heavy atom. The summed E-state index contributed by atoms with van der Waals surface area (Å²) in [6.07, 6.45) is -6.09. The van der Waals surface area contributed by atoms with Gasteiger partial charge in [-0.05, 0) is 64.0 Å². The van der Waals surface area contributed by atoms with Gasteiger partial charge in [0.1, 0.15) is 12.1 Å². The maximum absolute atomic E-state index is 15.1. The lowest BCUT2D eigenvalue weighted by Gasteiger charge is -2.32. The van der Waals surface area contributed by atoms with Crippen LogP contribution in [0.3, 0.4) is 0 Å². The first kappa shape index (κ1) is 30.3. The van der Waals surface area contributed by atoms with Gasteiger partial charge in [-0.2, -0.15) is 13.2 Å². The average Bonchev–Trinajstić information content (AvgIpc) is 3.28. The number of hydrogen-bond donors (Lipinski definition) is 4. The molecular weight excluding hydrogens is 542 g/mol. The quantitative estimate of drug-likeness (QED) is 0.106. The molecule has 1 aliphatic heterocycles. The van der Waals surface area contributed by atoms with Gasteiger partial charge >= 0.3 is 6.18 Å². The molecule has 222 valence electrons. The van der Waals surface area contributed by atoms with Crippen LogP contribution in [0.1, 0.15) is 16.8 Å². The summed E-state index contributed by atoms with van der Waals surface area (Å²) in [4.78, 5) is 12.6. The third-order valence-corrected chi connectivity index (χ3v) is 6.98. The molecule has 0 saturated carbocycles. The van der Waals surface area contributed by atoms with Crippen LogP contribution in [0.4, 0.5) is 23.2 Å². The lowest BCUT2D eigenvalue weighted by atomic mass is 10.0. The number of hydrogen-bond acceptors (Lipinski definition) is 7. The highest BCUT2D eigenvalue weighted by molar-refractivity contribution is 5.99. The van der Waals surface area contributed by atoms with Crippen molar-refractivity contribution < 1.29 is 27.4 Å². The number of alkyl halides is 3. The number of fused-ring (bicyclic) bond motifs is 1. The number of halogens is 4. The highest BCUT2D eigenvalue weighted by Crippen LogP contribution is 2.35. The maximum atomic E-state index is 15.1. The number of H-pyrrole nitrogens is 1. The molecule has 1 atom stereocenters. The van der Waals surface area contributed by atoms with Gasteiger partial charge in [-0.1, -0.05) is 6.07 Å². The van der Waals surface area contributed by atoms with Gasteiger partial charge in [-0.25, -0.2) is 9.38 Å². The van der Waals surface area contributed by atoms with Crippen molar-refractivity contribution in [2.45, 2.75) is 25.9 Å². The summed E-state index contributed by atoms with van der Waals surface area (Å²) in [5, 5.41) is 11.1. The molecule has 1 fully saturated rings. The van der Waals surface area contributed by atoms with E-state index in [2.05, 4.69) is 14.9 Å². The number of rotatable bonds is 8. The topological polar surface area (TPSA) is 119 Å². The minimum atomic E-state index is -4.63. The second kappa shape index (κ2) is 12.1. The molecule has 13 heteroatoms. The molecule has 2 heterocycles. The van der Waals surface area contributed by atoms with Crippen LogP contribution in [0.2, 0.25) is 0 Å². The number of aromatic nitrogens is 1. The molecule has 0 unspecified atom stereocenters. The Kier molecular flexibility index (Phi) is 8.92. The van der Waals surface area contributed by atoms with E-state index in [9.17, 15) is 18.3 Å². The van der Waals surface area contributed by atoms with E-state index in [1.807, 2.05) is 11.9 Å². The van der Waals surface area contributed by atoms with E-state index in [1.165, 1.54) is 37.2 Å². The Morgan fingerprint density at radius 1 is 1.12 bits per heavy atom. The Bertz CT molecular complexity index is 1460. The third kappa shape index (κ3) is 6.99. The number of aromatic amines is 1. The van der Waals surface area contributed by atoms with Crippen LogP contribution in [-0.2, 0) is 12.7 Å². The molecule has 0 radical (unpaired) electrons. The molecule has 4 rings (SSSR count). The molecule has 1 saturated heterocycles. The van der Waals surface area contributed by atoms with Gasteiger partial charge in [-0.15, -0.1) is 0 Å². The van der Waals surface area contributed by atoms with Gasteiger partial charge < -0.3 is 31.2 Å². The molecule has 3 aromatic rings. The van der Waals surface area contributed by atoms with E-state index in [0.717, 1.165) is 24.8 Å². The summed E-state index contributed by atoms with van der Waals surface area (Å²) in [5.41, 5.74) is 12.6. The van der Waals surface area contributed by atoms with Crippen LogP contribution in [0.15, 0.2) is 52.8 Å². The Hall–Kier alpha value is -3.65. The van der Waals surface area contributed by atoms with E-state index in [0.29, 0.717) is 18.6 Å². The normalized spacial score (nSPS) is 17.3. The minimum Gasteiger partial charge on any atom is -0.438 e. The first-order valence-electron chi connectivity index (χ1n) is 13.0. The van der Waals surface area contributed by atoms with Crippen molar-refractivity contribution in [1.29, 1.82) is 0 Å². The van der Waals surface area contributed by atoms with Crippen LogP contribution in [0, 0.1) is 12.7 Å². The fraction of sp³-hybridized carbons (Fsp3) is 0.393. The van der Waals surface area contributed by atoms with E-state index in [-0.39, 0.29) is 40.3 Å². The second-order valence-electron chi connectivity index (χ2n) is 10.4. The molecule has 41 heavy (non-hydrogen) atoms. The van der Waals surface area contributed by atoms with E-state index in [4.69, 9.17) is 16.2 Å². The first-order valence-corrected chi connectivity index (χ1v) is 13.0. The Balaban J connectivity index is 1.69. The van der Waals surface area contributed by atoms with Gasteiger partial charge in [0, 0.05) is 49.3 Å². The Morgan fingerprint density at radius 3 is 2.44 bits per heavy atom. The van der Waals surface area contributed by atoms with Crippen molar-refractivity contribution >= 4 is 22.4 Å². The van der Waals surface area contributed by atoms with E-state index >= 15 is 4.39 Å². The summed E-state index contributed by atoms with van der Waals surface area (Å²) in [5.74, 6) is -1.75. The summed E-state index contributed by atoms with van der Waals surface area (Å²) in [7, 11) is 5.02. The van der Waals surface area contributed by atoms with Crippen molar-refractivity contribution in [3.8, 4) is 5.75 Å². The summed E-state index contributed by atoms with van der Waals surface area (Å²) in [6, 6.07) is 8.29. The van der Waals surface area contributed by atoms with Crippen molar-refractivity contribution in [1.82, 2.24) is 19.7 Å². The average molecular weight is 578 g/mol. The summed E-state index contributed by atoms with van der Waals surface area (Å²) < 4.78 is 62.9. The second-order valence-corrected chi connectivity index (χ2v) is 10.4. The number of aliphatic hydroxyl groups is 1. The highest BCUT2D eigenvalue weighted by atomic mass is 19.4. The molecular formula is C28H35F4N7O2. The van der Waals surface area contributed by atoms with Crippen LogP contribution < -0.4 is 16.2 Å². The van der Waals surface area contributed by atoms with Gasteiger partial charge in [0.2, 0.25) is 5.88 Å². The van der Waals surface area contributed by atoms with Crippen molar-refractivity contribution in [3.05, 3.63) is 70.5 Å². The van der Waals surface area contributed by atoms with Crippen molar-refractivity contribution in [2.75, 3.05) is 47.3 Å². The number of aliphatic hydroxyl groups excluding tert-OH is 1. The standard InChI is InChI=1S/C28H35F4N7O2/c1-16-13-19-21(35-16)7-8-22(24(19)29)41-26(34)23(27(40)37(2)3)25(33)36-18-6-5-17(20(14-18)28(30,31)32)15-39-11-9-38(4)10-12-39/h5-8,13-14,27,35,40H,9-12,15,34H2,1-4H3,(H2,33,36)/b26-23-/t27-/m0/s1. The molecule has 0 aliphatic carbocycles. The van der Waals surface area contributed by atoms with Crippen LogP contribution >= 0.6 is 0 Å². The van der Waals surface area contributed by atoms with Crippen molar-refractivity contribution in [2.24, 2.45) is 16.5 Å². The fourth-order valence-corrected chi connectivity index (χ4v) is 4.67. The largest absolute Gasteiger partial charge is 0.438 e. The molecule has 0 amide bonds. The predicted octanol–water partition coefficient (Wildman–Crippen LogP) is 3.50. The number of nitrogens with two attached hydrogens (primary N) is 2. The van der Waals surface area contributed by atoms with E-state index < -0.39 is 29.7 Å². The molecule has 0 spiro atoms. The number of benzene rings is 2. The number of piperazine rings is 1. The number of nitrogens with one attached hydrogen (secondary N) is 1. The zero-order valence-electron chi connectivity index (χ0n) is 23.4. The highest BCUT2D eigenvalue weighted by Gasteiger charge is 2.34. The molecule has 2 aromatic carbocycles.